The van der Waals surface area contributed by atoms with Crippen molar-refractivity contribution in [3.63, 3.8) is 0 Å². The van der Waals surface area contributed by atoms with Crippen LogP contribution in [0.15, 0.2) is 77.3 Å². The summed E-state index contributed by atoms with van der Waals surface area (Å²) >= 11 is 0. The van der Waals surface area contributed by atoms with E-state index in [4.69, 9.17) is 4.42 Å². The first kappa shape index (κ1) is 19.4. The van der Waals surface area contributed by atoms with Gasteiger partial charge in [0.2, 0.25) is 0 Å². The van der Waals surface area contributed by atoms with Crippen molar-refractivity contribution in [2.45, 2.75) is 31.8 Å². The Morgan fingerprint density at radius 2 is 1.75 bits per heavy atom. The van der Waals surface area contributed by atoms with Gasteiger partial charge in [0.1, 0.15) is 5.76 Å². The number of furan rings is 1. The predicted molar refractivity (Wildman–Crippen MR) is 126 cm³/mol. The van der Waals surface area contributed by atoms with Crippen LogP contribution in [-0.4, -0.2) is 40.5 Å². The zero-order valence-corrected chi connectivity index (χ0v) is 18.2. The molecule has 0 spiro atoms. The summed E-state index contributed by atoms with van der Waals surface area (Å²) in [5.41, 5.74) is 3.23. The molecule has 3 fully saturated rings. The van der Waals surface area contributed by atoms with Gasteiger partial charge >= 0.3 is 0 Å². The highest BCUT2D eigenvalue weighted by Crippen LogP contribution is 2.32. The molecule has 3 saturated heterocycles. The lowest BCUT2D eigenvalue weighted by Crippen LogP contribution is -2.62. The summed E-state index contributed by atoms with van der Waals surface area (Å²) in [6.45, 7) is 4.52. The number of carbonyl (C=O) groups is 1. The van der Waals surface area contributed by atoms with Crippen LogP contribution in [-0.2, 0) is 0 Å². The van der Waals surface area contributed by atoms with Crippen LogP contribution in [0.1, 0.15) is 30.3 Å². The van der Waals surface area contributed by atoms with Gasteiger partial charge in [0.25, 0.3) is 5.91 Å². The highest BCUT2D eigenvalue weighted by molar-refractivity contribution is 5.92. The van der Waals surface area contributed by atoms with Crippen molar-refractivity contribution in [3.8, 4) is 17.0 Å². The van der Waals surface area contributed by atoms with Crippen LogP contribution in [0.25, 0.3) is 27.9 Å². The van der Waals surface area contributed by atoms with E-state index in [9.17, 15) is 4.79 Å². The van der Waals surface area contributed by atoms with Gasteiger partial charge in [-0.25, -0.2) is 0 Å². The van der Waals surface area contributed by atoms with Crippen LogP contribution in [0.4, 0.5) is 0 Å². The van der Waals surface area contributed by atoms with E-state index >= 15 is 0 Å². The zero-order valence-electron chi connectivity index (χ0n) is 18.2. The number of nitrogens with one attached hydrogen (secondary N) is 1. The van der Waals surface area contributed by atoms with Crippen LogP contribution in [0, 0.1) is 5.92 Å². The van der Waals surface area contributed by atoms with Crippen molar-refractivity contribution >= 4 is 16.8 Å². The molecule has 5 nitrogen and oxygen atoms in total. The molecule has 2 aromatic carbocycles. The average molecular weight is 426 g/mol. The summed E-state index contributed by atoms with van der Waals surface area (Å²) in [5, 5.41) is 4.47. The maximum atomic E-state index is 12.9. The first-order valence-electron chi connectivity index (χ1n) is 11.5. The number of nitrogens with zero attached hydrogens (tertiary/aromatic N) is 2. The van der Waals surface area contributed by atoms with Crippen LogP contribution in [0.5, 0.6) is 0 Å². The Labute approximate surface area is 187 Å². The summed E-state index contributed by atoms with van der Waals surface area (Å²) in [5.74, 6) is 1.55. The second-order valence-electron chi connectivity index (χ2n) is 9.07. The van der Waals surface area contributed by atoms with Crippen molar-refractivity contribution in [2.24, 2.45) is 5.92 Å². The number of amides is 1. The fraction of sp³-hybridized carbons (Fsp3) is 0.296. The third kappa shape index (κ3) is 3.24. The van der Waals surface area contributed by atoms with Crippen molar-refractivity contribution in [2.75, 3.05) is 13.1 Å². The molecule has 2 atom stereocenters. The zero-order chi connectivity index (χ0) is 21.7. The maximum absolute atomic E-state index is 12.9. The molecule has 5 heterocycles. The van der Waals surface area contributed by atoms with Crippen molar-refractivity contribution < 1.29 is 9.21 Å². The van der Waals surface area contributed by atoms with Crippen LogP contribution >= 0.6 is 0 Å². The number of para-hydroxylation sites is 1. The molecule has 162 valence electrons. The van der Waals surface area contributed by atoms with E-state index in [2.05, 4.69) is 70.4 Å². The molecular weight excluding hydrogens is 398 g/mol. The van der Waals surface area contributed by atoms with Gasteiger partial charge in [-0.1, -0.05) is 18.2 Å². The number of hydrogen-bond donors (Lipinski definition) is 1. The van der Waals surface area contributed by atoms with E-state index in [1.54, 1.807) is 6.07 Å². The molecule has 7 rings (SSSR count). The monoisotopic (exact) mass is 425 g/mol. The Morgan fingerprint density at radius 1 is 0.969 bits per heavy atom. The molecule has 0 radical (unpaired) electrons. The molecule has 4 aromatic rings. The van der Waals surface area contributed by atoms with Gasteiger partial charge in [0, 0.05) is 29.5 Å². The van der Waals surface area contributed by atoms with Crippen molar-refractivity contribution in [1.29, 1.82) is 0 Å². The fourth-order valence-electron chi connectivity index (χ4n) is 5.48. The third-order valence-electron chi connectivity index (χ3n) is 7.33. The Morgan fingerprint density at radius 3 is 2.53 bits per heavy atom. The van der Waals surface area contributed by atoms with Crippen LogP contribution < -0.4 is 5.32 Å². The molecule has 1 N–H and O–H groups in total. The largest absolute Gasteiger partial charge is 0.451 e. The first-order valence-corrected chi connectivity index (χ1v) is 11.5. The molecular formula is C27H27N3O2. The Hall–Kier alpha value is -3.31. The Balaban J connectivity index is 1.19. The van der Waals surface area contributed by atoms with Gasteiger partial charge in [0.15, 0.2) is 5.76 Å². The molecule has 3 aliphatic rings. The molecule has 2 aromatic heterocycles. The minimum atomic E-state index is -0.114. The lowest BCUT2D eigenvalue weighted by molar-refractivity contribution is 0.0211. The predicted octanol–water partition coefficient (Wildman–Crippen LogP) is 5.10. The molecule has 3 aliphatic heterocycles. The van der Waals surface area contributed by atoms with E-state index < -0.39 is 0 Å². The number of hydrogen-bond acceptors (Lipinski definition) is 3. The maximum Gasteiger partial charge on any atom is 0.287 e. The molecule has 0 aliphatic carbocycles. The van der Waals surface area contributed by atoms with E-state index in [-0.39, 0.29) is 11.9 Å². The van der Waals surface area contributed by atoms with Gasteiger partial charge in [-0.15, -0.1) is 0 Å². The van der Waals surface area contributed by atoms with Gasteiger partial charge in [-0.05, 0) is 92.7 Å². The van der Waals surface area contributed by atoms with Gasteiger partial charge in [-0.2, -0.15) is 0 Å². The quantitative estimate of drug-likeness (QED) is 0.495. The van der Waals surface area contributed by atoms with Crippen molar-refractivity contribution in [1.82, 2.24) is 14.8 Å². The smallest absolute Gasteiger partial charge is 0.287 e. The van der Waals surface area contributed by atoms with E-state index in [1.165, 1.54) is 23.7 Å². The van der Waals surface area contributed by atoms with Crippen molar-refractivity contribution in [3.05, 3.63) is 78.7 Å². The second kappa shape index (κ2) is 7.68. The van der Waals surface area contributed by atoms with Gasteiger partial charge < -0.3 is 14.3 Å². The molecule has 2 bridgehead atoms. The Bertz CT molecular complexity index is 1260. The number of piperidine rings is 3. The number of fused-ring (bicyclic) bond motifs is 4. The highest BCUT2D eigenvalue weighted by atomic mass is 16.3. The average Bonchev–Trinajstić information content (AvgIpc) is 3.50. The Kier molecular flexibility index (Phi) is 4.65. The summed E-state index contributed by atoms with van der Waals surface area (Å²) in [7, 11) is 0. The highest BCUT2D eigenvalue weighted by Gasteiger charge is 2.40. The summed E-state index contributed by atoms with van der Waals surface area (Å²) in [6.07, 6.45) is 4.42. The van der Waals surface area contributed by atoms with Gasteiger partial charge in [-0.3, -0.25) is 9.69 Å². The normalized spacial score (nSPS) is 24.7. The number of rotatable bonds is 4. The van der Waals surface area contributed by atoms with Crippen LogP contribution in [0.2, 0.25) is 0 Å². The molecule has 32 heavy (non-hydrogen) atoms. The lowest BCUT2D eigenvalue weighted by atomic mass is 9.79. The number of aromatic nitrogens is 1. The second-order valence-corrected chi connectivity index (χ2v) is 9.07. The number of carbonyl (C=O) groups excluding carboxylic acids is 1. The van der Waals surface area contributed by atoms with Crippen LogP contribution in [0.3, 0.4) is 0 Å². The molecule has 0 unspecified atom stereocenters. The fourth-order valence-corrected chi connectivity index (χ4v) is 5.48. The molecule has 5 heteroatoms. The molecule has 0 saturated carbocycles. The minimum absolute atomic E-state index is 0.114. The molecule has 1 amide bonds. The van der Waals surface area contributed by atoms with E-state index in [0.717, 1.165) is 24.3 Å². The SMILES string of the molecule is C[C@H]1[C@H](NC(=O)c2ccc(-c3ccc(-n4ccc5ccccc54)cc3)o2)C2CCN1CC2. The topological polar surface area (TPSA) is 50.4 Å². The minimum Gasteiger partial charge on any atom is -0.451 e. The lowest BCUT2D eigenvalue weighted by Gasteiger charge is -2.49. The first-order chi connectivity index (χ1) is 15.7. The summed E-state index contributed by atoms with van der Waals surface area (Å²) < 4.78 is 8.13. The standard InChI is InChI=1S/C27H27N3O2/c1-18-26(21-12-15-29(18)16-13-21)28-27(31)25-11-10-24(32-25)20-6-8-22(9-7-20)30-17-14-19-4-2-3-5-23(19)30/h2-11,14,17-18,21,26H,12-13,15-16H2,1H3,(H,28,31)/t18-,26-/m0/s1. The third-order valence-corrected chi connectivity index (χ3v) is 7.33. The van der Waals surface area contributed by atoms with Gasteiger partial charge in [0.05, 0.1) is 5.52 Å². The summed E-state index contributed by atoms with van der Waals surface area (Å²) in [6, 6.07) is 23.0. The van der Waals surface area contributed by atoms with E-state index in [0.29, 0.717) is 23.5 Å². The summed E-state index contributed by atoms with van der Waals surface area (Å²) in [4.78, 5) is 15.4. The van der Waals surface area contributed by atoms with E-state index in [1.807, 2.05) is 18.2 Å². The number of benzene rings is 2.